The zero-order valence-corrected chi connectivity index (χ0v) is 9.65. The third kappa shape index (κ3) is 2.43. The molecule has 2 N–H and O–H groups in total. The van der Waals surface area contributed by atoms with Crippen LogP contribution in [0.15, 0.2) is 0 Å². The van der Waals surface area contributed by atoms with Gasteiger partial charge in [0.1, 0.15) is 0 Å². The zero-order chi connectivity index (χ0) is 11.5. The third-order valence-corrected chi connectivity index (χ3v) is 3.68. The first kappa shape index (κ1) is 11.6. The van der Waals surface area contributed by atoms with Gasteiger partial charge in [-0.25, -0.2) is 0 Å². The lowest BCUT2D eigenvalue weighted by atomic mass is 9.87. The minimum absolute atomic E-state index is 0.0524. The second kappa shape index (κ2) is 4.95. The Morgan fingerprint density at radius 3 is 2.50 bits per heavy atom. The van der Waals surface area contributed by atoms with E-state index in [0.29, 0.717) is 13.0 Å². The lowest BCUT2D eigenvalue weighted by Gasteiger charge is -2.32. The van der Waals surface area contributed by atoms with Crippen molar-refractivity contribution in [2.45, 2.75) is 51.0 Å². The predicted octanol–water partition coefficient (Wildman–Crippen LogP) is 1.04. The molecule has 0 aromatic heterocycles. The molecule has 2 amide bonds. The molecule has 4 nitrogen and oxygen atoms in total. The molecule has 1 aliphatic carbocycles. The van der Waals surface area contributed by atoms with E-state index in [-0.39, 0.29) is 23.8 Å². The number of nitrogens with zero attached hydrogens (tertiary/aromatic N) is 1. The number of carbonyl (C=O) groups is 2. The number of amides is 2. The van der Waals surface area contributed by atoms with Gasteiger partial charge >= 0.3 is 0 Å². The van der Waals surface area contributed by atoms with E-state index >= 15 is 0 Å². The number of imide groups is 1. The van der Waals surface area contributed by atoms with Gasteiger partial charge in [-0.05, 0) is 19.3 Å². The first-order valence-electron chi connectivity index (χ1n) is 6.28. The molecular weight excluding hydrogens is 204 g/mol. The molecular formula is C12H20N2O2. The van der Waals surface area contributed by atoms with Gasteiger partial charge in [0.2, 0.25) is 11.8 Å². The summed E-state index contributed by atoms with van der Waals surface area (Å²) in [4.78, 5) is 25.3. The molecule has 1 atom stereocenters. The minimum atomic E-state index is -0.0747. The van der Waals surface area contributed by atoms with Crippen LogP contribution < -0.4 is 5.73 Å². The highest BCUT2D eigenvalue weighted by atomic mass is 16.2. The lowest BCUT2D eigenvalue weighted by Crippen LogP contribution is -2.49. The number of piperidine rings is 1. The fourth-order valence-electron chi connectivity index (χ4n) is 2.66. The number of rotatable bonds is 1. The normalized spacial score (nSPS) is 28.2. The Balaban J connectivity index is 1.95. The van der Waals surface area contributed by atoms with Crippen LogP contribution in [0.3, 0.4) is 0 Å². The van der Waals surface area contributed by atoms with Crippen molar-refractivity contribution in [3.05, 3.63) is 0 Å². The van der Waals surface area contributed by atoms with Crippen molar-refractivity contribution in [3.8, 4) is 0 Å². The fourth-order valence-corrected chi connectivity index (χ4v) is 2.66. The van der Waals surface area contributed by atoms with Crippen LogP contribution in [0.2, 0.25) is 0 Å². The highest BCUT2D eigenvalue weighted by molar-refractivity contribution is 5.97. The van der Waals surface area contributed by atoms with Gasteiger partial charge in [0, 0.05) is 24.9 Å². The largest absolute Gasteiger partial charge is 0.327 e. The average molecular weight is 224 g/mol. The van der Waals surface area contributed by atoms with Crippen LogP contribution in [0.4, 0.5) is 0 Å². The highest BCUT2D eigenvalue weighted by Crippen LogP contribution is 2.26. The second-order valence-corrected chi connectivity index (χ2v) is 4.97. The van der Waals surface area contributed by atoms with Gasteiger partial charge in [0.05, 0.1) is 0 Å². The predicted molar refractivity (Wildman–Crippen MR) is 60.5 cm³/mol. The van der Waals surface area contributed by atoms with E-state index in [9.17, 15) is 9.59 Å². The Kier molecular flexibility index (Phi) is 3.59. The Labute approximate surface area is 96.2 Å². The van der Waals surface area contributed by atoms with E-state index < -0.39 is 0 Å². The second-order valence-electron chi connectivity index (χ2n) is 4.97. The Morgan fingerprint density at radius 1 is 1.19 bits per heavy atom. The summed E-state index contributed by atoms with van der Waals surface area (Å²) in [5.74, 6) is 0.0675. The monoisotopic (exact) mass is 224 g/mol. The third-order valence-electron chi connectivity index (χ3n) is 3.68. The molecule has 1 saturated heterocycles. The van der Waals surface area contributed by atoms with E-state index in [4.69, 9.17) is 5.73 Å². The summed E-state index contributed by atoms with van der Waals surface area (Å²) in [5, 5.41) is 0. The zero-order valence-electron chi connectivity index (χ0n) is 9.65. The number of nitrogens with two attached hydrogens (primary N) is 1. The summed E-state index contributed by atoms with van der Waals surface area (Å²) in [6, 6.07) is -0.0529. The minimum Gasteiger partial charge on any atom is -0.327 e. The van der Waals surface area contributed by atoms with E-state index in [1.54, 1.807) is 0 Å². The summed E-state index contributed by atoms with van der Waals surface area (Å²) < 4.78 is 0. The van der Waals surface area contributed by atoms with Crippen molar-refractivity contribution >= 4 is 11.8 Å². The summed E-state index contributed by atoms with van der Waals surface area (Å²) in [7, 11) is 0. The maximum absolute atomic E-state index is 12.1. The van der Waals surface area contributed by atoms with E-state index in [0.717, 1.165) is 32.1 Å². The van der Waals surface area contributed by atoms with Gasteiger partial charge in [-0.1, -0.05) is 19.3 Å². The number of likely N-dealkylation sites (tertiary alicyclic amines) is 1. The quantitative estimate of drug-likeness (QED) is 0.677. The number of hydrogen-bond donors (Lipinski definition) is 1. The molecule has 2 aliphatic rings. The molecule has 0 bridgehead atoms. The first-order chi connectivity index (χ1) is 7.68. The summed E-state index contributed by atoms with van der Waals surface area (Å²) in [6.07, 6.45) is 6.46. The molecule has 0 aromatic rings. The van der Waals surface area contributed by atoms with Crippen LogP contribution in [0, 0.1) is 5.92 Å². The van der Waals surface area contributed by atoms with Crippen LogP contribution in [-0.4, -0.2) is 29.3 Å². The van der Waals surface area contributed by atoms with Crippen LogP contribution in [0.5, 0.6) is 0 Å². The SMILES string of the molecule is NC1CCN(C(=O)C2CCCCC2)C(=O)C1. The first-order valence-corrected chi connectivity index (χ1v) is 6.28. The van der Waals surface area contributed by atoms with E-state index in [1.165, 1.54) is 11.3 Å². The molecule has 16 heavy (non-hydrogen) atoms. The molecule has 1 heterocycles. The smallest absolute Gasteiger partial charge is 0.232 e. The Bertz CT molecular complexity index is 285. The molecule has 90 valence electrons. The summed E-state index contributed by atoms with van der Waals surface area (Å²) in [6.45, 7) is 0.523. The van der Waals surface area contributed by atoms with Crippen molar-refractivity contribution in [3.63, 3.8) is 0 Å². The van der Waals surface area contributed by atoms with E-state index in [1.807, 2.05) is 0 Å². The van der Waals surface area contributed by atoms with Crippen molar-refractivity contribution in [2.24, 2.45) is 11.7 Å². The van der Waals surface area contributed by atoms with Gasteiger partial charge in [0.15, 0.2) is 0 Å². The number of carbonyl (C=O) groups excluding carboxylic acids is 2. The molecule has 1 unspecified atom stereocenters. The van der Waals surface area contributed by atoms with E-state index in [2.05, 4.69) is 0 Å². The maximum atomic E-state index is 12.1. The fraction of sp³-hybridized carbons (Fsp3) is 0.833. The molecule has 0 spiro atoms. The van der Waals surface area contributed by atoms with Gasteiger partial charge in [-0.3, -0.25) is 14.5 Å². The molecule has 0 radical (unpaired) electrons. The van der Waals surface area contributed by atoms with Crippen molar-refractivity contribution in [2.75, 3.05) is 6.54 Å². The summed E-state index contributed by atoms with van der Waals surface area (Å²) >= 11 is 0. The Morgan fingerprint density at radius 2 is 1.88 bits per heavy atom. The van der Waals surface area contributed by atoms with Gasteiger partial charge < -0.3 is 5.73 Å². The topological polar surface area (TPSA) is 63.4 Å². The van der Waals surface area contributed by atoms with Crippen LogP contribution in [-0.2, 0) is 9.59 Å². The standard InChI is InChI=1S/C12H20N2O2/c13-10-6-7-14(11(15)8-10)12(16)9-4-2-1-3-5-9/h9-10H,1-8,13H2. The maximum Gasteiger partial charge on any atom is 0.232 e. The van der Waals surface area contributed by atoms with Gasteiger partial charge in [0.25, 0.3) is 0 Å². The average Bonchev–Trinajstić information content (AvgIpc) is 2.29. The molecule has 1 saturated carbocycles. The summed E-state index contributed by atoms with van der Waals surface area (Å²) in [5.41, 5.74) is 5.71. The van der Waals surface area contributed by atoms with Crippen molar-refractivity contribution < 1.29 is 9.59 Å². The number of hydrogen-bond acceptors (Lipinski definition) is 3. The molecule has 2 fully saturated rings. The van der Waals surface area contributed by atoms with Gasteiger partial charge in [-0.15, -0.1) is 0 Å². The Hall–Kier alpha value is -0.900. The van der Waals surface area contributed by atoms with Crippen molar-refractivity contribution in [1.82, 2.24) is 4.90 Å². The molecule has 0 aromatic carbocycles. The lowest BCUT2D eigenvalue weighted by molar-refractivity contribution is -0.150. The van der Waals surface area contributed by atoms with Crippen LogP contribution in [0.1, 0.15) is 44.9 Å². The highest BCUT2D eigenvalue weighted by Gasteiger charge is 2.32. The molecule has 2 rings (SSSR count). The van der Waals surface area contributed by atoms with Crippen molar-refractivity contribution in [1.29, 1.82) is 0 Å². The van der Waals surface area contributed by atoms with Gasteiger partial charge in [-0.2, -0.15) is 0 Å². The van der Waals surface area contributed by atoms with Crippen LogP contribution in [0.25, 0.3) is 0 Å². The molecule has 1 aliphatic heterocycles. The van der Waals surface area contributed by atoms with Crippen LogP contribution >= 0.6 is 0 Å². The molecule has 4 heteroatoms.